The predicted octanol–water partition coefficient (Wildman–Crippen LogP) is 1.93. The van der Waals surface area contributed by atoms with Crippen molar-refractivity contribution in [3.63, 3.8) is 0 Å². The lowest BCUT2D eigenvalue weighted by Gasteiger charge is -2.22. The van der Waals surface area contributed by atoms with E-state index in [4.69, 9.17) is 11.5 Å². The summed E-state index contributed by atoms with van der Waals surface area (Å²) in [4.78, 5) is 0. The average molecular weight is 196 g/mol. The van der Waals surface area contributed by atoms with Gasteiger partial charge in [0.2, 0.25) is 0 Å². The van der Waals surface area contributed by atoms with E-state index in [1.54, 1.807) is 0 Å². The highest BCUT2D eigenvalue weighted by Crippen LogP contribution is 2.33. The number of hydrogen-bond acceptors (Lipinski definition) is 3. The van der Waals surface area contributed by atoms with E-state index < -0.39 is 0 Å². The molecule has 4 heteroatoms. The van der Waals surface area contributed by atoms with E-state index in [0.717, 1.165) is 5.69 Å². The molecule has 80 valence electrons. The molecule has 0 radical (unpaired) electrons. The first-order valence-electron chi connectivity index (χ1n) is 4.89. The minimum absolute atomic E-state index is 0.0288. The van der Waals surface area contributed by atoms with Crippen molar-refractivity contribution in [2.75, 3.05) is 11.5 Å². The summed E-state index contributed by atoms with van der Waals surface area (Å²) in [5.74, 6) is 0.434. The highest BCUT2D eigenvalue weighted by atomic mass is 15.3. The first-order chi connectivity index (χ1) is 6.25. The number of anilines is 2. The molecule has 1 aromatic rings. The topological polar surface area (TPSA) is 69.9 Å². The molecule has 4 N–H and O–H groups in total. The maximum absolute atomic E-state index is 5.92. The zero-order valence-corrected chi connectivity index (χ0v) is 9.63. The highest BCUT2D eigenvalue weighted by molar-refractivity contribution is 5.63. The van der Waals surface area contributed by atoms with Crippen LogP contribution in [0.25, 0.3) is 0 Å². The Bertz CT molecular complexity index is 331. The van der Waals surface area contributed by atoms with Crippen LogP contribution >= 0.6 is 0 Å². The zero-order chi connectivity index (χ0) is 11.1. The molecule has 0 spiro atoms. The Morgan fingerprint density at radius 2 is 1.71 bits per heavy atom. The predicted molar refractivity (Wildman–Crippen MR) is 60.1 cm³/mol. The molecule has 0 bridgehead atoms. The van der Waals surface area contributed by atoms with E-state index in [-0.39, 0.29) is 11.5 Å². The molecule has 4 nitrogen and oxygen atoms in total. The first kappa shape index (κ1) is 10.9. The zero-order valence-electron chi connectivity index (χ0n) is 9.63. The number of hydrogen-bond donors (Lipinski definition) is 2. The molecule has 0 aliphatic heterocycles. The Morgan fingerprint density at radius 3 is 2.00 bits per heavy atom. The van der Waals surface area contributed by atoms with Crippen LogP contribution in [-0.2, 0) is 5.41 Å². The normalized spacial score (nSPS) is 12.4. The summed E-state index contributed by atoms with van der Waals surface area (Å²) in [5, 5.41) is 4.25. The van der Waals surface area contributed by atoms with Crippen molar-refractivity contribution in [1.82, 2.24) is 9.78 Å². The molecule has 0 atom stereocenters. The number of aromatic nitrogens is 2. The van der Waals surface area contributed by atoms with Gasteiger partial charge in [0.25, 0.3) is 0 Å². The summed E-state index contributed by atoms with van der Waals surface area (Å²) in [7, 11) is 0. The lowest BCUT2D eigenvalue weighted by molar-refractivity contribution is 0.448. The van der Waals surface area contributed by atoms with Crippen LogP contribution < -0.4 is 11.5 Å². The SMILES string of the molecule is CC(C)n1nc(N)c(N)c1C(C)(C)C. The van der Waals surface area contributed by atoms with E-state index in [2.05, 4.69) is 39.7 Å². The Hall–Kier alpha value is -1.19. The van der Waals surface area contributed by atoms with Crippen LogP contribution in [0.4, 0.5) is 11.5 Å². The fraction of sp³-hybridized carbons (Fsp3) is 0.700. The van der Waals surface area contributed by atoms with Crippen molar-refractivity contribution in [2.24, 2.45) is 0 Å². The van der Waals surface area contributed by atoms with Crippen LogP contribution in [-0.4, -0.2) is 9.78 Å². The van der Waals surface area contributed by atoms with Gasteiger partial charge in [-0.2, -0.15) is 5.10 Å². The van der Waals surface area contributed by atoms with Crippen molar-refractivity contribution in [3.8, 4) is 0 Å². The summed E-state index contributed by atoms with van der Waals surface area (Å²) in [5.41, 5.74) is 13.2. The maximum Gasteiger partial charge on any atom is 0.169 e. The Kier molecular flexibility index (Phi) is 2.48. The smallest absolute Gasteiger partial charge is 0.169 e. The number of nitrogens with zero attached hydrogens (tertiary/aromatic N) is 2. The van der Waals surface area contributed by atoms with Crippen LogP contribution in [0.2, 0.25) is 0 Å². The highest BCUT2D eigenvalue weighted by Gasteiger charge is 2.25. The second kappa shape index (κ2) is 3.19. The fourth-order valence-corrected chi connectivity index (χ4v) is 1.59. The van der Waals surface area contributed by atoms with E-state index in [1.165, 1.54) is 0 Å². The van der Waals surface area contributed by atoms with Crippen molar-refractivity contribution >= 4 is 11.5 Å². The summed E-state index contributed by atoms with van der Waals surface area (Å²) >= 11 is 0. The first-order valence-corrected chi connectivity index (χ1v) is 4.89. The molecule has 1 heterocycles. The van der Waals surface area contributed by atoms with Crippen LogP contribution in [0, 0.1) is 0 Å². The van der Waals surface area contributed by atoms with Gasteiger partial charge < -0.3 is 11.5 Å². The molecule has 1 aromatic heterocycles. The number of rotatable bonds is 1. The molecule has 0 aliphatic carbocycles. The lowest BCUT2D eigenvalue weighted by Crippen LogP contribution is -2.21. The van der Waals surface area contributed by atoms with Gasteiger partial charge in [0.1, 0.15) is 0 Å². The largest absolute Gasteiger partial charge is 0.394 e. The van der Waals surface area contributed by atoms with Gasteiger partial charge in [-0.15, -0.1) is 0 Å². The van der Waals surface area contributed by atoms with Crippen molar-refractivity contribution in [2.45, 2.75) is 46.1 Å². The molecule has 0 aliphatic rings. The summed E-state index contributed by atoms with van der Waals surface area (Å²) in [6, 6.07) is 0.281. The molecule has 1 rings (SSSR count). The van der Waals surface area contributed by atoms with E-state index in [9.17, 15) is 0 Å². The number of nitrogen functional groups attached to an aromatic ring is 2. The van der Waals surface area contributed by atoms with Crippen LogP contribution in [0.15, 0.2) is 0 Å². The molecule has 0 saturated heterocycles. The van der Waals surface area contributed by atoms with Gasteiger partial charge in [-0.1, -0.05) is 20.8 Å². The minimum atomic E-state index is -0.0288. The molecule has 0 fully saturated rings. The fourth-order valence-electron chi connectivity index (χ4n) is 1.59. The molecule has 0 unspecified atom stereocenters. The summed E-state index contributed by atoms with van der Waals surface area (Å²) < 4.78 is 1.91. The summed E-state index contributed by atoms with van der Waals surface area (Å²) in [6.45, 7) is 10.5. The van der Waals surface area contributed by atoms with Crippen molar-refractivity contribution in [1.29, 1.82) is 0 Å². The van der Waals surface area contributed by atoms with Gasteiger partial charge in [0, 0.05) is 11.5 Å². The van der Waals surface area contributed by atoms with E-state index in [1.807, 2.05) is 4.68 Å². The van der Waals surface area contributed by atoms with Gasteiger partial charge in [0.05, 0.1) is 11.4 Å². The molecule has 14 heavy (non-hydrogen) atoms. The van der Waals surface area contributed by atoms with Gasteiger partial charge >= 0.3 is 0 Å². The Labute approximate surface area is 85.3 Å². The van der Waals surface area contributed by atoms with E-state index >= 15 is 0 Å². The Balaban J connectivity index is 3.38. The number of nitrogens with two attached hydrogens (primary N) is 2. The molecule has 0 saturated carbocycles. The lowest BCUT2D eigenvalue weighted by atomic mass is 9.90. The molecule has 0 aromatic carbocycles. The van der Waals surface area contributed by atoms with Crippen LogP contribution in [0.3, 0.4) is 0 Å². The Morgan fingerprint density at radius 1 is 1.21 bits per heavy atom. The maximum atomic E-state index is 5.92. The minimum Gasteiger partial charge on any atom is -0.394 e. The molecule has 0 amide bonds. The second-order valence-corrected chi connectivity index (χ2v) is 4.94. The van der Waals surface area contributed by atoms with Crippen molar-refractivity contribution in [3.05, 3.63) is 5.69 Å². The molecular weight excluding hydrogens is 176 g/mol. The van der Waals surface area contributed by atoms with E-state index in [0.29, 0.717) is 11.5 Å². The van der Waals surface area contributed by atoms with Gasteiger partial charge in [-0.25, -0.2) is 0 Å². The monoisotopic (exact) mass is 196 g/mol. The summed E-state index contributed by atoms with van der Waals surface area (Å²) in [6.07, 6.45) is 0. The average Bonchev–Trinajstić information content (AvgIpc) is 2.27. The van der Waals surface area contributed by atoms with Gasteiger partial charge in [-0.3, -0.25) is 4.68 Å². The third-order valence-electron chi connectivity index (χ3n) is 2.18. The third kappa shape index (κ3) is 1.69. The standard InChI is InChI=1S/C10H20N4/c1-6(2)14-8(10(3,4)5)7(11)9(12)13-14/h6H,11H2,1-5H3,(H2,12,13). The second-order valence-electron chi connectivity index (χ2n) is 4.94. The van der Waals surface area contributed by atoms with Crippen LogP contribution in [0.5, 0.6) is 0 Å². The van der Waals surface area contributed by atoms with Crippen molar-refractivity contribution < 1.29 is 0 Å². The van der Waals surface area contributed by atoms with Gasteiger partial charge in [0.15, 0.2) is 5.82 Å². The third-order valence-corrected chi connectivity index (χ3v) is 2.18. The molecular formula is C10H20N4. The quantitative estimate of drug-likeness (QED) is 0.721. The van der Waals surface area contributed by atoms with Crippen LogP contribution in [0.1, 0.15) is 46.4 Å². The van der Waals surface area contributed by atoms with Gasteiger partial charge in [-0.05, 0) is 13.8 Å².